The fourth-order valence-corrected chi connectivity index (χ4v) is 2.76. The Hall–Kier alpha value is -3.15. The van der Waals surface area contributed by atoms with Gasteiger partial charge in [-0.1, -0.05) is 47.1 Å². The number of carbonyl (C=O) groups excluding carboxylic acids is 1. The third-order valence-electron chi connectivity index (χ3n) is 4.31. The molecule has 3 aromatic rings. The number of nitrogens with one attached hydrogen (secondary N) is 1. The molecule has 0 aliphatic carbocycles. The largest absolute Gasteiger partial charge is 0.496 e. The standard InChI is InChI=1S/C21H23N3O3/c1-14-4-8-17(9-5-14)21-23-20(27-24-21)13-22-19(25)11-7-16-6-10-18(26-3)15(2)12-16/h4-6,8-10,12H,7,11,13H2,1-3H3,(H,22,25). The molecular weight excluding hydrogens is 342 g/mol. The summed E-state index contributed by atoms with van der Waals surface area (Å²) in [6.45, 7) is 4.23. The van der Waals surface area contributed by atoms with Gasteiger partial charge < -0.3 is 14.6 Å². The van der Waals surface area contributed by atoms with Crippen LogP contribution in [-0.2, 0) is 17.8 Å². The van der Waals surface area contributed by atoms with Gasteiger partial charge >= 0.3 is 0 Å². The van der Waals surface area contributed by atoms with Gasteiger partial charge in [-0.25, -0.2) is 0 Å². The van der Waals surface area contributed by atoms with Crippen molar-refractivity contribution in [3.05, 3.63) is 65.0 Å². The topological polar surface area (TPSA) is 77.2 Å². The molecule has 27 heavy (non-hydrogen) atoms. The van der Waals surface area contributed by atoms with Crippen LogP contribution in [0.1, 0.15) is 29.0 Å². The number of hydrogen-bond donors (Lipinski definition) is 1. The summed E-state index contributed by atoms with van der Waals surface area (Å²) in [5, 5.41) is 6.78. The van der Waals surface area contributed by atoms with E-state index >= 15 is 0 Å². The fourth-order valence-electron chi connectivity index (χ4n) is 2.76. The molecule has 6 nitrogen and oxygen atoms in total. The molecule has 1 N–H and O–H groups in total. The highest BCUT2D eigenvalue weighted by Gasteiger charge is 2.10. The van der Waals surface area contributed by atoms with Crippen molar-refractivity contribution in [2.45, 2.75) is 33.2 Å². The highest BCUT2D eigenvalue weighted by molar-refractivity contribution is 5.76. The maximum atomic E-state index is 12.1. The molecule has 0 aliphatic heterocycles. The summed E-state index contributed by atoms with van der Waals surface area (Å²) in [5.74, 6) is 1.70. The molecule has 0 fully saturated rings. The summed E-state index contributed by atoms with van der Waals surface area (Å²) < 4.78 is 10.5. The van der Waals surface area contributed by atoms with Crippen LogP contribution >= 0.6 is 0 Å². The van der Waals surface area contributed by atoms with E-state index in [1.54, 1.807) is 7.11 Å². The van der Waals surface area contributed by atoms with Crippen LogP contribution in [0.15, 0.2) is 47.0 Å². The number of nitrogens with zero attached hydrogens (tertiary/aromatic N) is 2. The van der Waals surface area contributed by atoms with Gasteiger partial charge in [-0.15, -0.1) is 0 Å². The van der Waals surface area contributed by atoms with Crippen molar-refractivity contribution in [1.29, 1.82) is 0 Å². The monoisotopic (exact) mass is 365 g/mol. The van der Waals surface area contributed by atoms with E-state index < -0.39 is 0 Å². The maximum Gasteiger partial charge on any atom is 0.246 e. The first-order chi connectivity index (χ1) is 13.0. The molecule has 3 rings (SSSR count). The van der Waals surface area contributed by atoms with Crippen LogP contribution in [0, 0.1) is 13.8 Å². The number of benzene rings is 2. The average molecular weight is 365 g/mol. The third kappa shape index (κ3) is 4.94. The quantitative estimate of drug-likeness (QED) is 0.692. The first kappa shape index (κ1) is 18.6. The Kier molecular flexibility index (Phi) is 5.86. The lowest BCUT2D eigenvalue weighted by Crippen LogP contribution is -2.23. The number of aryl methyl sites for hydroxylation is 3. The molecule has 0 aliphatic rings. The zero-order valence-corrected chi connectivity index (χ0v) is 15.8. The van der Waals surface area contributed by atoms with Crippen LogP contribution in [0.4, 0.5) is 0 Å². The third-order valence-corrected chi connectivity index (χ3v) is 4.31. The number of aromatic nitrogens is 2. The molecule has 0 saturated carbocycles. The minimum absolute atomic E-state index is 0.0569. The van der Waals surface area contributed by atoms with Crippen LogP contribution in [-0.4, -0.2) is 23.2 Å². The lowest BCUT2D eigenvalue weighted by Gasteiger charge is -2.07. The van der Waals surface area contributed by atoms with E-state index in [1.807, 2.05) is 56.3 Å². The Bertz CT molecular complexity index is 917. The molecule has 0 unspecified atom stereocenters. The normalized spacial score (nSPS) is 10.6. The highest BCUT2D eigenvalue weighted by atomic mass is 16.5. The molecule has 0 radical (unpaired) electrons. The van der Waals surface area contributed by atoms with E-state index in [1.165, 1.54) is 5.56 Å². The minimum Gasteiger partial charge on any atom is -0.496 e. The zero-order chi connectivity index (χ0) is 19.2. The fraction of sp³-hybridized carbons (Fsp3) is 0.286. The van der Waals surface area contributed by atoms with Crippen LogP contribution < -0.4 is 10.1 Å². The smallest absolute Gasteiger partial charge is 0.246 e. The molecule has 0 saturated heterocycles. The predicted octanol–water partition coefficient (Wildman–Crippen LogP) is 3.61. The second kappa shape index (κ2) is 8.49. The molecule has 1 aromatic heterocycles. The van der Waals surface area contributed by atoms with Gasteiger partial charge in [0.05, 0.1) is 13.7 Å². The van der Waals surface area contributed by atoms with E-state index in [2.05, 4.69) is 15.5 Å². The number of ether oxygens (including phenoxy) is 1. The molecule has 1 heterocycles. The highest BCUT2D eigenvalue weighted by Crippen LogP contribution is 2.19. The first-order valence-corrected chi connectivity index (χ1v) is 8.85. The molecule has 6 heteroatoms. The Morgan fingerprint density at radius 3 is 2.63 bits per heavy atom. The number of rotatable bonds is 7. The van der Waals surface area contributed by atoms with Crippen molar-refractivity contribution >= 4 is 5.91 Å². The summed E-state index contributed by atoms with van der Waals surface area (Å²) >= 11 is 0. The summed E-state index contributed by atoms with van der Waals surface area (Å²) in [7, 11) is 1.65. The summed E-state index contributed by atoms with van der Waals surface area (Å²) in [6, 6.07) is 13.8. The Balaban J connectivity index is 1.49. The summed E-state index contributed by atoms with van der Waals surface area (Å²) in [4.78, 5) is 16.4. The van der Waals surface area contributed by atoms with Gasteiger partial charge in [-0.05, 0) is 37.5 Å². The van der Waals surface area contributed by atoms with Crippen molar-refractivity contribution in [1.82, 2.24) is 15.5 Å². The van der Waals surface area contributed by atoms with Crippen molar-refractivity contribution in [3.8, 4) is 17.1 Å². The van der Waals surface area contributed by atoms with Crippen molar-refractivity contribution in [3.63, 3.8) is 0 Å². The summed E-state index contributed by atoms with van der Waals surface area (Å²) in [5.41, 5.74) is 4.21. The Morgan fingerprint density at radius 2 is 1.93 bits per heavy atom. The van der Waals surface area contributed by atoms with Crippen LogP contribution in [0.3, 0.4) is 0 Å². The SMILES string of the molecule is COc1ccc(CCC(=O)NCc2nc(-c3ccc(C)cc3)no2)cc1C. The van der Waals surface area contributed by atoms with E-state index in [0.29, 0.717) is 24.6 Å². The molecule has 0 bridgehead atoms. The average Bonchev–Trinajstić information content (AvgIpc) is 3.14. The van der Waals surface area contributed by atoms with Crippen LogP contribution in [0.25, 0.3) is 11.4 Å². The number of carbonyl (C=O) groups is 1. The Morgan fingerprint density at radius 1 is 1.15 bits per heavy atom. The van der Waals surface area contributed by atoms with Gasteiger partial charge in [-0.3, -0.25) is 4.79 Å². The second-order valence-electron chi connectivity index (χ2n) is 6.46. The second-order valence-corrected chi connectivity index (χ2v) is 6.46. The molecular formula is C21H23N3O3. The lowest BCUT2D eigenvalue weighted by atomic mass is 10.1. The summed E-state index contributed by atoms with van der Waals surface area (Å²) in [6.07, 6.45) is 1.06. The number of hydrogen-bond acceptors (Lipinski definition) is 5. The minimum atomic E-state index is -0.0569. The molecule has 0 atom stereocenters. The van der Waals surface area contributed by atoms with Crippen molar-refractivity contribution in [2.24, 2.45) is 0 Å². The first-order valence-electron chi connectivity index (χ1n) is 8.85. The van der Waals surface area contributed by atoms with Gasteiger partial charge in [0, 0.05) is 12.0 Å². The molecule has 2 aromatic carbocycles. The molecule has 0 spiro atoms. The van der Waals surface area contributed by atoms with Crippen molar-refractivity contribution < 1.29 is 14.1 Å². The van der Waals surface area contributed by atoms with Gasteiger partial charge in [0.15, 0.2) is 0 Å². The Labute approximate surface area is 158 Å². The number of methoxy groups -OCH3 is 1. The van der Waals surface area contributed by atoms with E-state index in [0.717, 1.165) is 22.4 Å². The van der Waals surface area contributed by atoms with E-state index in [4.69, 9.17) is 9.26 Å². The van der Waals surface area contributed by atoms with Crippen molar-refractivity contribution in [2.75, 3.05) is 7.11 Å². The van der Waals surface area contributed by atoms with Gasteiger partial charge in [0.1, 0.15) is 5.75 Å². The van der Waals surface area contributed by atoms with Crippen LogP contribution in [0.2, 0.25) is 0 Å². The van der Waals surface area contributed by atoms with Gasteiger partial charge in [0.2, 0.25) is 17.6 Å². The van der Waals surface area contributed by atoms with Crippen LogP contribution in [0.5, 0.6) is 5.75 Å². The van der Waals surface area contributed by atoms with Gasteiger partial charge in [0.25, 0.3) is 0 Å². The number of amides is 1. The molecule has 140 valence electrons. The maximum absolute atomic E-state index is 12.1. The molecule has 1 amide bonds. The predicted molar refractivity (Wildman–Crippen MR) is 102 cm³/mol. The lowest BCUT2D eigenvalue weighted by molar-refractivity contribution is -0.121. The van der Waals surface area contributed by atoms with E-state index in [-0.39, 0.29) is 12.5 Å². The van der Waals surface area contributed by atoms with E-state index in [9.17, 15) is 4.79 Å². The zero-order valence-electron chi connectivity index (χ0n) is 15.8. The van der Waals surface area contributed by atoms with Gasteiger partial charge in [-0.2, -0.15) is 4.98 Å².